The number of halogens is 1. The van der Waals surface area contributed by atoms with Gasteiger partial charge in [-0.3, -0.25) is 9.48 Å². The minimum absolute atomic E-state index is 0.0612. The van der Waals surface area contributed by atoms with Crippen molar-refractivity contribution >= 4 is 11.9 Å². The third kappa shape index (κ3) is 4.64. The normalized spacial score (nSPS) is 16.3. The lowest BCUT2D eigenvalue weighted by atomic mass is 9.90. The van der Waals surface area contributed by atoms with E-state index in [1.54, 1.807) is 16.8 Å². The van der Waals surface area contributed by atoms with Gasteiger partial charge in [-0.2, -0.15) is 5.10 Å². The molecule has 0 saturated carbocycles. The lowest BCUT2D eigenvalue weighted by Crippen LogP contribution is -2.41. The Morgan fingerprint density at radius 3 is 2.62 bits per heavy atom. The molecule has 1 saturated heterocycles. The van der Waals surface area contributed by atoms with Gasteiger partial charge in [-0.1, -0.05) is 12.1 Å². The molecule has 1 amide bonds. The summed E-state index contributed by atoms with van der Waals surface area (Å²) in [7, 11) is 3.81. The van der Waals surface area contributed by atoms with Crippen molar-refractivity contribution in [2.75, 3.05) is 32.1 Å². The SMILES string of the molecule is Cc1cc(C)n(CC(=O)N2CCC[C@@H](c3nc(N(C)C)ncc3-c3ccc(F)cc3)C2)n1. The second-order valence-corrected chi connectivity index (χ2v) is 8.63. The minimum Gasteiger partial charge on any atom is -0.347 e. The molecule has 4 rings (SSSR count). The number of carbonyl (C=O) groups is 1. The molecule has 1 aromatic carbocycles. The van der Waals surface area contributed by atoms with Crippen LogP contribution in [0.15, 0.2) is 36.5 Å². The third-order valence-electron chi connectivity index (χ3n) is 5.91. The van der Waals surface area contributed by atoms with Gasteiger partial charge in [0.15, 0.2) is 0 Å². The summed E-state index contributed by atoms with van der Waals surface area (Å²) in [5, 5.41) is 4.43. The van der Waals surface area contributed by atoms with Gasteiger partial charge in [0.25, 0.3) is 0 Å². The average Bonchev–Trinajstić information content (AvgIpc) is 3.10. The fraction of sp³-hybridized carbons (Fsp3) is 0.417. The molecule has 8 heteroatoms. The molecule has 168 valence electrons. The zero-order chi connectivity index (χ0) is 22.8. The zero-order valence-electron chi connectivity index (χ0n) is 19.0. The van der Waals surface area contributed by atoms with Gasteiger partial charge in [-0.25, -0.2) is 14.4 Å². The number of nitrogens with zero attached hydrogens (tertiary/aromatic N) is 6. The van der Waals surface area contributed by atoms with Gasteiger partial charge in [-0.05, 0) is 50.5 Å². The number of hydrogen-bond acceptors (Lipinski definition) is 5. The zero-order valence-corrected chi connectivity index (χ0v) is 19.0. The second-order valence-electron chi connectivity index (χ2n) is 8.63. The van der Waals surface area contributed by atoms with Crippen LogP contribution >= 0.6 is 0 Å². The van der Waals surface area contributed by atoms with Crippen LogP contribution in [0, 0.1) is 19.7 Å². The maximum absolute atomic E-state index is 13.5. The molecule has 2 aromatic heterocycles. The number of aromatic nitrogens is 4. The van der Waals surface area contributed by atoms with E-state index in [2.05, 4.69) is 10.1 Å². The van der Waals surface area contributed by atoms with Gasteiger partial charge in [0.2, 0.25) is 11.9 Å². The van der Waals surface area contributed by atoms with Crippen LogP contribution in [0.2, 0.25) is 0 Å². The topological polar surface area (TPSA) is 67.2 Å². The first-order valence-corrected chi connectivity index (χ1v) is 10.9. The molecule has 1 aliphatic heterocycles. The molecule has 7 nitrogen and oxygen atoms in total. The molecule has 0 radical (unpaired) electrons. The Kier molecular flexibility index (Phi) is 6.21. The first kappa shape index (κ1) is 21.9. The number of anilines is 1. The van der Waals surface area contributed by atoms with Crippen LogP contribution in [-0.4, -0.2) is 57.7 Å². The molecule has 0 unspecified atom stereocenters. The summed E-state index contributed by atoms with van der Waals surface area (Å²) in [4.78, 5) is 26.2. The lowest BCUT2D eigenvalue weighted by molar-refractivity contribution is -0.133. The van der Waals surface area contributed by atoms with Crippen molar-refractivity contribution in [3.8, 4) is 11.1 Å². The highest BCUT2D eigenvalue weighted by Crippen LogP contribution is 2.34. The molecular formula is C24H29FN6O. The first-order valence-electron chi connectivity index (χ1n) is 10.9. The summed E-state index contributed by atoms with van der Waals surface area (Å²) in [5.41, 5.74) is 4.55. The Labute approximate surface area is 187 Å². The van der Waals surface area contributed by atoms with Gasteiger partial charge in [0, 0.05) is 50.6 Å². The fourth-order valence-corrected chi connectivity index (χ4v) is 4.25. The summed E-state index contributed by atoms with van der Waals surface area (Å²) in [6.07, 6.45) is 3.64. The summed E-state index contributed by atoms with van der Waals surface area (Å²) in [5.74, 6) is 0.484. The summed E-state index contributed by atoms with van der Waals surface area (Å²) in [6, 6.07) is 8.38. The number of rotatable bonds is 5. The number of carbonyl (C=O) groups excluding carboxylic acids is 1. The van der Waals surface area contributed by atoms with Crippen molar-refractivity contribution in [2.24, 2.45) is 0 Å². The Balaban J connectivity index is 1.61. The van der Waals surface area contributed by atoms with Gasteiger partial charge in [0.05, 0.1) is 11.4 Å². The van der Waals surface area contributed by atoms with E-state index in [0.29, 0.717) is 12.5 Å². The van der Waals surface area contributed by atoms with E-state index in [4.69, 9.17) is 4.98 Å². The number of benzene rings is 1. The molecule has 3 aromatic rings. The van der Waals surface area contributed by atoms with Crippen molar-refractivity contribution in [3.05, 3.63) is 59.4 Å². The number of aryl methyl sites for hydroxylation is 2. The van der Waals surface area contributed by atoms with E-state index >= 15 is 0 Å². The van der Waals surface area contributed by atoms with Gasteiger partial charge in [0.1, 0.15) is 12.4 Å². The number of piperidine rings is 1. The Morgan fingerprint density at radius 1 is 1.22 bits per heavy atom. The fourth-order valence-electron chi connectivity index (χ4n) is 4.25. The monoisotopic (exact) mass is 436 g/mol. The van der Waals surface area contributed by atoms with E-state index < -0.39 is 0 Å². The van der Waals surface area contributed by atoms with Crippen LogP contribution in [0.3, 0.4) is 0 Å². The Bertz CT molecular complexity index is 1110. The quantitative estimate of drug-likeness (QED) is 0.612. The Morgan fingerprint density at radius 2 is 1.97 bits per heavy atom. The molecule has 0 aliphatic carbocycles. The molecule has 1 atom stereocenters. The highest BCUT2D eigenvalue weighted by Gasteiger charge is 2.28. The number of amides is 1. The molecule has 0 bridgehead atoms. The van der Waals surface area contributed by atoms with Gasteiger partial charge < -0.3 is 9.80 Å². The summed E-state index contributed by atoms with van der Waals surface area (Å²) < 4.78 is 15.3. The maximum atomic E-state index is 13.5. The largest absolute Gasteiger partial charge is 0.347 e. The molecule has 0 N–H and O–H groups in total. The predicted molar refractivity (Wildman–Crippen MR) is 122 cm³/mol. The van der Waals surface area contributed by atoms with Crippen molar-refractivity contribution in [1.29, 1.82) is 0 Å². The van der Waals surface area contributed by atoms with Crippen molar-refractivity contribution in [2.45, 2.75) is 39.2 Å². The highest BCUT2D eigenvalue weighted by atomic mass is 19.1. The minimum atomic E-state index is -0.278. The third-order valence-corrected chi connectivity index (χ3v) is 5.91. The van der Waals surface area contributed by atoms with E-state index in [0.717, 1.165) is 47.6 Å². The molecule has 3 heterocycles. The standard InChI is InChI=1S/C24H29FN6O/c1-16-12-17(2)31(28-16)15-22(32)30-11-5-6-19(14-30)23-21(13-26-24(27-23)29(3)4)18-7-9-20(25)10-8-18/h7-10,12-13,19H,5-6,11,14-15H2,1-4H3/t19-/m1/s1. The van der Waals surface area contributed by atoms with Crippen LogP contribution in [0.25, 0.3) is 11.1 Å². The van der Waals surface area contributed by atoms with Gasteiger partial charge in [-0.15, -0.1) is 0 Å². The lowest BCUT2D eigenvalue weighted by Gasteiger charge is -2.33. The van der Waals surface area contributed by atoms with Gasteiger partial charge >= 0.3 is 0 Å². The summed E-state index contributed by atoms with van der Waals surface area (Å²) in [6.45, 7) is 5.45. The first-order chi connectivity index (χ1) is 15.3. The highest BCUT2D eigenvalue weighted by molar-refractivity contribution is 5.76. The average molecular weight is 437 g/mol. The Hall–Kier alpha value is -3.29. The van der Waals surface area contributed by atoms with Crippen molar-refractivity contribution < 1.29 is 9.18 Å². The second kappa shape index (κ2) is 9.06. The predicted octanol–water partition coefficient (Wildman–Crippen LogP) is 3.57. The van der Waals surface area contributed by atoms with Crippen molar-refractivity contribution in [1.82, 2.24) is 24.6 Å². The molecule has 32 heavy (non-hydrogen) atoms. The van der Waals surface area contributed by atoms with Crippen LogP contribution in [0.5, 0.6) is 0 Å². The van der Waals surface area contributed by atoms with E-state index in [-0.39, 0.29) is 24.2 Å². The molecule has 1 aliphatic rings. The molecular weight excluding hydrogens is 407 g/mol. The van der Waals surface area contributed by atoms with Crippen molar-refractivity contribution in [3.63, 3.8) is 0 Å². The summed E-state index contributed by atoms with van der Waals surface area (Å²) >= 11 is 0. The van der Waals surface area contributed by atoms with E-state index in [9.17, 15) is 9.18 Å². The smallest absolute Gasteiger partial charge is 0.244 e. The van der Waals surface area contributed by atoms with Crippen LogP contribution < -0.4 is 4.90 Å². The van der Waals surface area contributed by atoms with Crippen LogP contribution in [-0.2, 0) is 11.3 Å². The maximum Gasteiger partial charge on any atom is 0.244 e. The van der Waals surface area contributed by atoms with E-state index in [1.807, 2.05) is 50.0 Å². The molecule has 1 fully saturated rings. The van der Waals surface area contributed by atoms with Crippen LogP contribution in [0.4, 0.5) is 10.3 Å². The number of hydrogen-bond donors (Lipinski definition) is 0. The van der Waals surface area contributed by atoms with E-state index in [1.165, 1.54) is 12.1 Å². The number of likely N-dealkylation sites (tertiary alicyclic amines) is 1. The molecule has 0 spiro atoms. The van der Waals surface area contributed by atoms with Crippen LogP contribution in [0.1, 0.15) is 35.8 Å².